The number of nitro groups is 1. The Morgan fingerprint density at radius 1 is 1.69 bits per heavy atom. The average Bonchev–Trinajstić information content (AvgIpc) is 2.44. The third-order valence-corrected chi connectivity index (χ3v) is 1.89. The molecule has 0 radical (unpaired) electrons. The summed E-state index contributed by atoms with van der Waals surface area (Å²) in [6.45, 7) is 0.415. The zero-order valence-corrected chi connectivity index (χ0v) is 8.14. The van der Waals surface area contributed by atoms with Crippen LogP contribution in [-0.2, 0) is 6.54 Å². The van der Waals surface area contributed by atoms with Gasteiger partial charge in [0.25, 0.3) is 4.73 Å². The van der Waals surface area contributed by atoms with E-state index >= 15 is 0 Å². The molecule has 0 amide bonds. The third kappa shape index (κ3) is 2.46. The second kappa shape index (κ2) is 4.28. The van der Waals surface area contributed by atoms with E-state index in [1.807, 2.05) is 0 Å². The number of rotatable bonds is 4. The van der Waals surface area contributed by atoms with E-state index in [1.165, 1.54) is 4.68 Å². The van der Waals surface area contributed by atoms with Gasteiger partial charge in [-0.3, -0.25) is 0 Å². The summed E-state index contributed by atoms with van der Waals surface area (Å²) in [5.74, 6) is -0.440. The van der Waals surface area contributed by atoms with Gasteiger partial charge in [-0.2, -0.15) is 4.68 Å². The quantitative estimate of drug-likeness (QED) is 0.614. The summed E-state index contributed by atoms with van der Waals surface area (Å²) in [4.78, 5) is 13.1. The molecule has 1 aromatic rings. The number of halogens is 1. The van der Waals surface area contributed by atoms with Gasteiger partial charge in [-0.1, -0.05) is 0 Å². The lowest BCUT2D eigenvalue weighted by atomic mass is 10.5. The lowest BCUT2D eigenvalue weighted by molar-refractivity contribution is -0.394. The molecule has 0 saturated carbocycles. The zero-order valence-electron chi connectivity index (χ0n) is 6.55. The molecule has 0 atom stereocenters. The molecule has 7 nitrogen and oxygen atoms in total. The zero-order chi connectivity index (χ0) is 9.84. The van der Waals surface area contributed by atoms with Crippen molar-refractivity contribution in [2.45, 2.75) is 13.0 Å². The standard InChI is InChI=1S/C5H7BrN4O3/c6-4-7-5(10(12)13)8-9(4)2-1-3-11/h11H,1-3H2. The van der Waals surface area contributed by atoms with E-state index in [4.69, 9.17) is 5.11 Å². The highest BCUT2D eigenvalue weighted by atomic mass is 79.9. The van der Waals surface area contributed by atoms with Crippen molar-refractivity contribution in [2.75, 3.05) is 6.61 Å². The van der Waals surface area contributed by atoms with Crippen molar-refractivity contribution in [3.63, 3.8) is 0 Å². The minimum Gasteiger partial charge on any atom is -0.396 e. The first-order chi connectivity index (χ1) is 6.15. The van der Waals surface area contributed by atoms with Crippen molar-refractivity contribution in [2.24, 2.45) is 0 Å². The van der Waals surface area contributed by atoms with E-state index in [1.54, 1.807) is 0 Å². The van der Waals surface area contributed by atoms with E-state index in [9.17, 15) is 10.1 Å². The third-order valence-electron chi connectivity index (χ3n) is 1.31. The molecular formula is C5H7BrN4O3. The van der Waals surface area contributed by atoms with Gasteiger partial charge >= 0.3 is 5.95 Å². The predicted molar refractivity (Wildman–Crippen MR) is 46.1 cm³/mol. The van der Waals surface area contributed by atoms with Crippen LogP contribution in [0.4, 0.5) is 5.95 Å². The molecule has 8 heteroatoms. The Morgan fingerprint density at radius 3 is 2.85 bits per heavy atom. The highest BCUT2D eigenvalue weighted by Gasteiger charge is 2.18. The number of hydrogen-bond donors (Lipinski definition) is 1. The Kier molecular flexibility index (Phi) is 3.32. The lowest BCUT2D eigenvalue weighted by Crippen LogP contribution is -2.02. The topological polar surface area (TPSA) is 94.1 Å². The maximum Gasteiger partial charge on any atom is 0.492 e. The summed E-state index contributed by atoms with van der Waals surface area (Å²) in [5, 5.41) is 22.4. The number of aliphatic hydroxyl groups excluding tert-OH is 1. The van der Waals surface area contributed by atoms with Gasteiger partial charge in [0.1, 0.15) is 0 Å². The van der Waals surface area contributed by atoms with Crippen LogP contribution in [0.3, 0.4) is 0 Å². The first kappa shape index (κ1) is 10.1. The molecule has 1 heterocycles. The lowest BCUT2D eigenvalue weighted by Gasteiger charge is -1.92. The molecule has 72 valence electrons. The van der Waals surface area contributed by atoms with Gasteiger partial charge in [-0.15, -0.1) is 0 Å². The Morgan fingerprint density at radius 2 is 2.38 bits per heavy atom. The maximum atomic E-state index is 10.2. The van der Waals surface area contributed by atoms with Crippen LogP contribution in [0.25, 0.3) is 0 Å². The van der Waals surface area contributed by atoms with Crippen LogP contribution < -0.4 is 0 Å². The summed E-state index contributed by atoms with van der Waals surface area (Å²) in [5.41, 5.74) is 0. The number of aryl methyl sites for hydroxylation is 1. The van der Waals surface area contributed by atoms with Gasteiger partial charge in [0.15, 0.2) is 0 Å². The molecule has 0 aromatic carbocycles. The number of nitrogens with zero attached hydrogens (tertiary/aromatic N) is 4. The van der Waals surface area contributed by atoms with Crippen molar-refractivity contribution >= 4 is 21.9 Å². The molecule has 0 aliphatic carbocycles. The average molecular weight is 251 g/mol. The largest absolute Gasteiger partial charge is 0.492 e. The van der Waals surface area contributed by atoms with Crippen LogP contribution in [0, 0.1) is 10.1 Å². The van der Waals surface area contributed by atoms with Crippen LogP contribution >= 0.6 is 15.9 Å². The second-order valence-electron chi connectivity index (χ2n) is 2.24. The summed E-state index contributed by atoms with van der Waals surface area (Å²) in [7, 11) is 0. The minimum absolute atomic E-state index is 0.0140. The normalized spacial score (nSPS) is 10.3. The van der Waals surface area contributed by atoms with Crippen molar-refractivity contribution in [1.29, 1.82) is 0 Å². The monoisotopic (exact) mass is 250 g/mol. The number of aromatic nitrogens is 3. The summed E-state index contributed by atoms with van der Waals surface area (Å²) in [6.07, 6.45) is 0.485. The van der Waals surface area contributed by atoms with Crippen LogP contribution in [-0.4, -0.2) is 31.4 Å². The number of hydrogen-bond acceptors (Lipinski definition) is 5. The van der Waals surface area contributed by atoms with Crippen LogP contribution in [0.1, 0.15) is 6.42 Å². The van der Waals surface area contributed by atoms with E-state index in [0.717, 1.165) is 0 Å². The highest BCUT2D eigenvalue weighted by molar-refractivity contribution is 9.10. The molecule has 0 aliphatic rings. The molecule has 0 unspecified atom stereocenters. The van der Waals surface area contributed by atoms with Crippen molar-refractivity contribution in [3.05, 3.63) is 14.8 Å². The van der Waals surface area contributed by atoms with Crippen molar-refractivity contribution in [1.82, 2.24) is 14.8 Å². The molecule has 0 saturated heterocycles. The molecule has 1 N–H and O–H groups in total. The van der Waals surface area contributed by atoms with Gasteiger partial charge in [-0.25, -0.2) is 0 Å². The van der Waals surface area contributed by atoms with Gasteiger partial charge in [-0.05, 0) is 16.3 Å². The summed E-state index contributed by atoms with van der Waals surface area (Å²) in [6, 6.07) is 0. The molecule has 0 bridgehead atoms. The van der Waals surface area contributed by atoms with Crippen molar-refractivity contribution < 1.29 is 10.0 Å². The molecule has 13 heavy (non-hydrogen) atoms. The van der Waals surface area contributed by atoms with Crippen LogP contribution in [0.5, 0.6) is 0 Å². The van der Waals surface area contributed by atoms with Gasteiger partial charge in [0.05, 0.1) is 6.54 Å². The van der Waals surface area contributed by atoms with Gasteiger partial charge in [0.2, 0.25) is 0 Å². The molecule has 1 rings (SSSR count). The fourth-order valence-electron chi connectivity index (χ4n) is 0.752. The first-order valence-electron chi connectivity index (χ1n) is 3.50. The van der Waals surface area contributed by atoms with Crippen LogP contribution in [0.15, 0.2) is 4.73 Å². The van der Waals surface area contributed by atoms with Crippen molar-refractivity contribution in [3.8, 4) is 0 Å². The number of aliphatic hydroxyl groups is 1. The summed E-state index contributed by atoms with van der Waals surface area (Å²) < 4.78 is 1.63. The molecule has 0 fully saturated rings. The molecule has 0 aliphatic heterocycles. The predicted octanol–water partition coefficient (Wildman–Crippen LogP) is 0.331. The Bertz CT molecular complexity index is 313. The highest BCUT2D eigenvalue weighted by Crippen LogP contribution is 2.11. The van der Waals surface area contributed by atoms with E-state index in [2.05, 4.69) is 26.0 Å². The fourth-order valence-corrected chi connectivity index (χ4v) is 1.17. The molecular weight excluding hydrogens is 244 g/mol. The van der Waals surface area contributed by atoms with E-state index in [0.29, 0.717) is 17.7 Å². The molecule has 1 aromatic heterocycles. The Balaban J connectivity index is 2.77. The van der Waals surface area contributed by atoms with Gasteiger partial charge < -0.3 is 15.2 Å². The van der Waals surface area contributed by atoms with Crippen LogP contribution in [0.2, 0.25) is 0 Å². The van der Waals surface area contributed by atoms with Gasteiger partial charge in [0, 0.05) is 27.6 Å². The minimum atomic E-state index is -0.666. The SMILES string of the molecule is O=[N+]([O-])c1nc(Br)n(CCCO)n1. The summed E-state index contributed by atoms with van der Waals surface area (Å²) >= 11 is 3.02. The fraction of sp³-hybridized carbons (Fsp3) is 0.600. The Hall–Kier alpha value is -1.02. The maximum absolute atomic E-state index is 10.2. The second-order valence-corrected chi connectivity index (χ2v) is 2.95. The van der Waals surface area contributed by atoms with E-state index < -0.39 is 10.9 Å². The molecule has 0 spiro atoms. The first-order valence-corrected chi connectivity index (χ1v) is 4.30. The Labute approximate surface area is 81.7 Å². The van der Waals surface area contributed by atoms with E-state index in [-0.39, 0.29) is 6.61 Å². The smallest absolute Gasteiger partial charge is 0.396 e.